The molecule has 0 spiro atoms. The smallest absolute Gasteiger partial charge is 0.330 e. The lowest BCUT2D eigenvalue weighted by molar-refractivity contribution is -0.0271. The highest BCUT2D eigenvalue weighted by atomic mass is 127. The molecule has 0 bridgehead atoms. The first-order valence-electron chi connectivity index (χ1n) is 5.38. The fraction of sp³-hybridized carbons (Fsp3) is 0.556. The van der Waals surface area contributed by atoms with Crippen LogP contribution >= 0.6 is 22.6 Å². The van der Waals surface area contributed by atoms with Crippen LogP contribution in [0.1, 0.15) is 12.6 Å². The summed E-state index contributed by atoms with van der Waals surface area (Å²) in [5, 5.41) is 12.7. The minimum absolute atomic E-state index is 0.261. The Bertz CT molecular complexity index is 634. The lowest BCUT2D eigenvalue weighted by Gasteiger charge is -2.14. The molecule has 0 saturated carbocycles. The number of halogens is 1. The van der Waals surface area contributed by atoms with Gasteiger partial charge in [-0.3, -0.25) is 14.3 Å². The predicted octanol–water partition coefficient (Wildman–Crippen LogP) is 0.0999. The maximum Gasteiger partial charge on any atom is 0.330 e. The quantitative estimate of drug-likeness (QED) is 0.334. The number of rotatable bonds is 3. The van der Waals surface area contributed by atoms with E-state index in [1.807, 2.05) is 0 Å². The lowest BCUT2D eigenvalue weighted by Crippen LogP contribution is -2.33. The largest absolute Gasteiger partial charge is 0.394 e. The summed E-state index contributed by atoms with van der Waals surface area (Å²) in [5.41, 5.74) is 7.37. The molecule has 2 N–H and O–H groups in total. The third-order valence-corrected chi connectivity index (χ3v) is 3.59. The van der Waals surface area contributed by atoms with Crippen LogP contribution in [0.5, 0.6) is 0 Å². The van der Waals surface area contributed by atoms with Gasteiger partial charge in [-0.15, -0.1) is 0 Å². The Labute approximate surface area is 120 Å². The molecular weight excluding hydrogens is 369 g/mol. The van der Waals surface area contributed by atoms with Crippen LogP contribution in [0.25, 0.3) is 10.4 Å². The van der Waals surface area contributed by atoms with E-state index < -0.39 is 29.6 Å². The molecule has 9 nitrogen and oxygen atoms in total. The summed E-state index contributed by atoms with van der Waals surface area (Å²) in [5.74, 6) is 0. The van der Waals surface area contributed by atoms with Crippen LogP contribution in [0, 0.1) is 3.57 Å². The van der Waals surface area contributed by atoms with Crippen LogP contribution in [0.4, 0.5) is 0 Å². The molecule has 1 aliphatic heterocycles. The molecule has 10 heteroatoms. The molecule has 1 unspecified atom stereocenters. The van der Waals surface area contributed by atoms with Gasteiger partial charge in [0.05, 0.1) is 22.3 Å². The van der Waals surface area contributed by atoms with Crippen molar-refractivity contribution in [2.24, 2.45) is 5.11 Å². The first kappa shape index (κ1) is 14.1. The molecule has 3 atom stereocenters. The molecule has 0 aliphatic carbocycles. The monoisotopic (exact) mass is 379 g/mol. The van der Waals surface area contributed by atoms with E-state index in [9.17, 15) is 9.59 Å². The minimum atomic E-state index is -0.675. The van der Waals surface area contributed by atoms with Crippen molar-refractivity contribution in [2.45, 2.75) is 24.8 Å². The molecule has 2 heterocycles. The normalized spacial score (nSPS) is 26.1. The average molecular weight is 379 g/mol. The standard InChI is InChI=1S/C9H10IN5O4/c10-4-2-15(9(18)12-8(4)17)7-1-5(13-14-11)6(3-16)19-7/h2,5-7,16H,1,3H2,(H,12,17,18)/t5-,6-,7?/m1/s1. The van der Waals surface area contributed by atoms with Gasteiger partial charge in [0, 0.05) is 17.5 Å². The maximum absolute atomic E-state index is 11.7. The fourth-order valence-corrected chi connectivity index (χ4v) is 2.35. The lowest BCUT2D eigenvalue weighted by atomic mass is 10.1. The van der Waals surface area contributed by atoms with Crippen LogP contribution in [-0.4, -0.2) is 33.4 Å². The zero-order valence-electron chi connectivity index (χ0n) is 9.56. The maximum atomic E-state index is 11.7. The first-order chi connectivity index (χ1) is 9.06. The number of aromatic amines is 1. The highest BCUT2D eigenvalue weighted by Crippen LogP contribution is 2.29. The number of nitrogens with one attached hydrogen (secondary N) is 1. The van der Waals surface area contributed by atoms with E-state index in [4.69, 9.17) is 15.4 Å². The van der Waals surface area contributed by atoms with Crippen LogP contribution in [0.3, 0.4) is 0 Å². The van der Waals surface area contributed by atoms with Gasteiger partial charge >= 0.3 is 5.69 Å². The molecule has 0 amide bonds. The molecule has 0 aromatic carbocycles. The number of aliphatic hydroxyl groups is 1. The van der Waals surface area contributed by atoms with Crippen molar-refractivity contribution >= 4 is 22.6 Å². The second-order valence-corrected chi connectivity index (χ2v) is 5.13. The third kappa shape index (κ3) is 2.81. The van der Waals surface area contributed by atoms with E-state index in [0.717, 1.165) is 0 Å². The number of hydrogen-bond donors (Lipinski definition) is 2. The van der Waals surface area contributed by atoms with Gasteiger partial charge in [-0.05, 0) is 28.1 Å². The second-order valence-electron chi connectivity index (χ2n) is 3.96. The summed E-state index contributed by atoms with van der Waals surface area (Å²) in [6, 6.07) is -0.545. The molecule has 19 heavy (non-hydrogen) atoms. The number of aliphatic hydroxyl groups excluding tert-OH is 1. The zero-order valence-corrected chi connectivity index (χ0v) is 11.7. The van der Waals surface area contributed by atoms with E-state index in [2.05, 4.69) is 15.0 Å². The van der Waals surface area contributed by atoms with Gasteiger partial charge in [0.25, 0.3) is 5.56 Å². The fourth-order valence-electron chi connectivity index (χ4n) is 1.91. The Kier molecular flexibility index (Phi) is 4.24. The number of hydrogen-bond acceptors (Lipinski definition) is 5. The van der Waals surface area contributed by atoms with Gasteiger partial charge in [-0.25, -0.2) is 4.79 Å². The molecular formula is C9H10IN5O4. The van der Waals surface area contributed by atoms with Gasteiger partial charge in [0.15, 0.2) is 0 Å². The predicted molar refractivity (Wildman–Crippen MR) is 72.6 cm³/mol. The number of nitrogens with zero attached hydrogens (tertiary/aromatic N) is 4. The van der Waals surface area contributed by atoms with Crippen molar-refractivity contribution in [3.8, 4) is 0 Å². The first-order valence-corrected chi connectivity index (χ1v) is 6.46. The van der Waals surface area contributed by atoms with E-state index >= 15 is 0 Å². The van der Waals surface area contributed by atoms with Crippen molar-refractivity contribution < 1.29 is 9.84 Å². The summed E-state index contributed by atoms with van der Waals surface area (Å²) < 4.78 is 7.02. The Balaban J connectivity index is 2.34. The third-order valence-electron chi connectivity index (χ3n) is 2.82. The SMILES string of the molecule is [N-]=[N+]=N[C@@H]1CC(n2cc(I)c(=O)[nH]c2=O)O[C@@H]1CO. The van der Waals surface area contributed by atoms with Gasteiger partial charge in [0.2, 0.25) is 0 Å². The van der Waals surface area contributed by atoms with Crippen molar-refractivity contribution in [1.29, 1.82) is 0 Å². The highest BCUT2D eigenvalue weighted by Gasteiger charge is 2.35. The van der Waals surface area contributed by atoms with Gasteiger partial charge < -0.3 is 9.84 Å². The van der Waals surface area contributed by atoms with Crippen molar-refractivity contribution in [3.05, 3.63) is 41.0 Å². The Morgan fingerprint density at radius 3 is 3.05 bits per heavy atom. The number of H-pyrrole nitrogens is 1. The highest BCUT2D eigenvalue weighted by molar-refractivity contribution is 14.1. The van der Waals surface area contributed by atoms with Crippen LogP contribution in [0.15, 0.2) is 20.9 Å². The summed E-state index contributed by atoms with van der Waals surface area (Å²) in [6.07, 6.45) is 0.305. The van der Waals surface area contributed by atoms with Gasteiger partial charge in [0.1, 0.15) is 6.23 Å². The van der Waals surface area contributed by atoms with E-state index in [1.54, 1.807) is 22.6 Å². The number of azide groups is 1. The van der Waals surface area contributed by atoms with Crippen molar-refractivity contribution in [3.63, 3.8) is 0 Å². The van der Waals surface area contributed by atoms with E-state index in [0.29, 0.717) is 3.57 Å². The van der Waals surface area contributed by atoms with Gasteiger partial charge in [-0.1, -0.05) is 5.11 Å². The molecule has 1 aliphatic rings. The molecule has 0 radical (unpaired) electrons. The molecule has 102 valence electrons. The van der Waals surface area contributed by atoms with E-state index in [-0.39, 0.29) is 13.0 Å². The molecule has 2 rings (SSSR count). The second kappa shape index (κ2) is 5.74. The Morgan fingerprint density at radius 1 is 1.68 bits per heavy atom. The molecule has 1 aromatic rings. The Hall–Kier alpha value is -1.36. The van der Waals surface area contributed by atoms with E-state index in [1.165, 1.54) is 10.8 Å². The van der Waals surface area contributed by atoms with Crippen LogP contribution in [0.2, 0.25) is 0 Å². The van der Waals surface area contributed by atoms with Crippen LogP contribution in [-0.2, 0) is 4.74 Å². The summed E-state index contributed by atoms with van der Waals surface area (Å²) in [7, 11) is 0. The number of aromatic nitrogens is 2. The van der Waals surface area contributed by atoms with Crippen LogP contribution < -0.4 is 11.2 Å². The summed E-state index contributed by atoms with van der Waals surface area (Å²) >= 11 is 1.80. The topological polar surface area (TPSA) is 133 Å². The Morgan fingerprint density at radius 2 is 2.42 bits per heavy atom. The number of ether oxygens (including phenoxy) is 1. The minimum Gasteiger partial charge on any atom is -0.394 e. The zero-order chi connectivity index (χ0) is 14.0. The summed E-state index contributed by atoms with van der Waals surface area (Å²) in [4.78, 5) is 27.8. The average Bonchev–Trinajstić information content (AvgIpc) is 2.77. The summed E-state index contributed by atoms with van der Waals surface area (Å²) in [6.45, 7) is -0.310. The van der Waals surface area contributed by atoms with Crippen molar-refractivity contribution in [1.82, 2.24) is 9.55 Å². The molecule has 1 saturated heterocycles. The molecule has 1 aromatic heterocycles. The van der Waals surface area contributed by atoms with Gasteiger partial charge in [-0.2, -0.15) is 0 Å². The molecule has 1 fully saturated rings. The van der Waals surface area contributed by atoms with Crippen molar-refractivity contribution in [2.75, 3.05) is 6.61 Å².